The van der Waals surface area contributed by atoms with Crippen LogP contribution in [0.3, 0.4) is 0 Å². The highest BCUT2D eigenvalue weighted by Gasteiger charge is 2.14. The highest BCUT2D eigenvalue weighted by Crippen LogP contribution is 2.37. The first-order chi connectivity index (χ1) is 10.1. The number of halogens is 1. The number of hydrogen-bond acceptors (Lipinski definition) is 3. The van der Waals surface area contributed by atoms with E-state index in [2.05, 4.69) is 0 Å². The maximum atomic E-state index is 11.1. The van der Waals surface area contributed by atoms with Crippen LogP contribution in [-0.2, 0) is 0 Å². The third-order valence-electron chi connectivity index (χ3n) is 3.10. The summed E-state index contributed by atoms with van der Waals surface area (Å²) in [5, 5.41) is 13.3. The molecule has 0 heterocycles. The fourth-order valence-corrected chi connectivity index (χ4v) is 3.21. The van der Waals surface area contributed by atoms with Crippen LogP contribution < -0.4 is 0 Å². The number of non-ortho nitro benzene ring substituents is 1. The minimum Gasteiger partial charge on any atom is -0.258 e. The Kier molecular flexibility index (Phi) is 3.82. The number of nitrogens with zero attached hydrogens (tertiary/aromatic N) is 1. The molecule has 21 heavy (non-hydrogen) atoms. The molecular weight excluding hydrogens is 306 g/mol. The smallest absolute Gasteiger partial charge is 0.258 e. The number of hydrogen-bond donors (Lipinski definition) is 0. The van der Waals surface area contributed by atoms with E-state index in [1.54, 1.807) is 30.0 Å². The molecule has 0 spiro atoms. The summed E-state index contributed by atoms with van der Waals surface area (Å²) in [5.41, 5.74) is 0.131. The Balaban J connectivity index is 2.09. The van der Waals surface area contributed by atoms with Crippen molar-refractivity contribution >= 4 is 39.8 Å². The van der Waals surface area contributed by atoms with Crippen LogP contribution in [0.15, 0.2) is 70.5 Å². The lowest BCUT2D eigenvalue weighted by Crippen LogP contribution is -1.90. The van der Waals surface area contributed by atoms with Gasteiger partial charge in [0.1, 0.15) is 0 Å². The van der Waals surface area contributed by atoms with Gasteiger partial charge in [0.25, 0.3) is 5.69 Å². The van der Waals surface area contributed by atoms with Gasteiger partial charge < -0.3 is 0 Å². The Hall–Kier alpha value is -2.04. The summed E-state index contributed by atoms with van der Waals surface area (Å²) in [5.74, 6) is 0. The highest BCUT2D eigenvalue weighted by atomic mass is 35.5. The summed E-state index contributed by atoms with van der Waals surface area (Å²) < 4.78 is 0. The standard InChI is InChI=1S/C16H10ClNO2S/c17-11-5-7-12(8-6-11)21-16-10-9-15(18(19)20)13-3-1-2-4-14(13)16/h1-10H. The van der Waals surface area contributed by atoms with Gasteiger partial charge in [0.15, 0.2) is 0 Å². The first kappa shape index (κ1) is 13.9. The summed E-state index contributed by atoms with van der Waals surface area (Å²) in [4.78, 5) is 12.8. The zero-order valence-corrected chi connectivity index (χ0v) is 12.4. The molecule has 3 aromatic rings. The van der Waals surface area contributed by atoms with Crippen LogP contribution >= 0.6 is 23.4 Å². The van der Waals surface area contributed by atoms with Crippen LogP contribution in [0.1, 0.15) is 0 Å². The van der Waals surface area contributed by atoms with Crippen LogP contribution in [0, 0.1) is 10.1 Å². The van der Waals surface area contributed by atoms with E-state index in [1.807, 2.05) is 42.5 Å². The summed E-state index contributed by atoms with van der Waals surface area (Å²) in [6.45, 7) is 0. The van der Waals surface area contributed by atoms with Crippen molar-refractivity contribution in [3.8, 4) is 0 Å². The normalized spacial score (nSPS) is 10.7. The molecule has 0 N–H and O–H groups in total. The molecule has 0 aliphatic carbocycles. The van der Waals surface area contributed by atoms with Gasteiger partial charge in [-0.2, -0.15) is 0 Å². The lowest BCUT2D eigenvalue weighted by molar-refractivity contribution is -0.383. The van der Waals surface area contributed by atoms with E-state index >= 15 is 0 Å². The van der Waals surface area contributed by atoms with Crippen molar-refractivity contribution in [2.75, 3.05) is 0 Å². The highest BCUT2D eigenvalue weighted by molar-refractivity contribution is 7.99. The molecule has 104 valence electrons. The van der Waals surface area contributed by atoms with E-state index in [1.165, 1.54) is 0 Å². The largest absolute Gasteiger partial charge is 0.277 e. The van der Waals surface area contributed by atoms with Crippen LogP contribution in [0.2, 0.25) is 5.02 Å². The predicted octanol–water partition coefficient (Wildman–Crippen LogP) is 5.55. The number of benzene rings is 3. The zero-order chi connectivity index (χ0) is 14.8. The van der Waals surface area contributed by atoms with E-state index in [4.69, 9.17) is 11.6 Å². The van der Waals surface area contributed by atoms with Crippen LogP contribution in [-0.4, -0.2) is 4.92 Å². The average Bonchev–Trinajstić information content (AvgIpc) is 2.49. The summed E-state index contributed by atoms with van der Waals surface area (Å²) in [7, 11) is 0. The number of nitro groups is 1. The first-order valence-corrected chi connectivity index (χ1v) is 7.44. The van der Waals surface area contributed by atoms with Crippen molar-refractivity contribution in [3.05, 3.63) is 75.8 Å². The van der Waals surface area contributed by atoms with Gasteiger partial charge in [-0.25, -0.2) is 0 Å². The quantitative estimate of drug-likeness (QED) is 0.470. The van der Waals surface area contributed by atoms with Crippen molar-refractivity contribution < 1.29 is 4.92 Å². The zero-order valence-electron chi connectivity index (χ0n) is 10.8. The number of rotatable bonds is 3. The molecule has 0 fully saturated rings. The fraction of sp³-hybridized carbons (Fsp3) is 0. The molecule has 0 radical (unpaired) electrons. The third kappa shape index (κ3) is 2.86. The number of nitro benzene ring substituents is 1. The fourth-order valence-electron chi connectivity index (χ4n) is 2.13. The maximum Gasteiger partial charge on any atom is 0.277 e. The molecule has 3 nitrogen and oxygen atoms in total. The molecule has 0 bridgehead atoms. The van der Waals surface area contributed by atoms with Crippen molar-refractivity contribution in [2.45, 2.75) is 9.79 Å². The van der Waals surface area contributed by atoms with Gasteiger partial charge in [-0.05, 0) is 36.4 Å². The minimum absolute atomic E-state index is 0.131. The van der Waals surface area contributed by atoms with Crippen molar-refractivity contribution in [1.29, 1.82) is 0 Å². The summed E-state index contributed by atoms with van der Waals surface area (Å²) in [6.07, 6.45) is 0. The van der Waals surface area contributed by atoms with Gasteiger partial charge in [0.2, 0.25) is 0 Å². The lowest BCUT2D eigenvalue weighted by atomic mass is 10.1. The van der Waals surface area contributed by atoms with E-state index in [-0.39, 0.29) is 10.6 Å². The topological polar surface area (TPSA) is 43.1 Å². The number of fused-ring (bicyclic) bond motifs is 1. The van der Waals surface area contributed by atoms with Gasteiger partial charge >= 0.3 is 0 Å². The van der Waals surface area contributed by atoms with Gasteiger partial charge in [-0.3, -0.25) is 10.1 Å². The van der Waals surface area contributed by atoms with Crippen LogP contribution in [0.4, 0.5) is 5.69 Å². The van der Waals surface area contributed by atoms with Gasteiger partial charge in [-0.1, -0.05) is 41.6 Å². The molecule has 0 atom stereocenters. The van der Waals surface area contributed by atoms with Crippen molar-refractivity contribution in [1.82, 2.24) is 0 Å². The Bertz CT molecular complexity index is 818. The molecular formula is C16H10ClNO2S. The lowest BCUT2D eigenvalue weighted by Gasteiger charge is -2.07. The first-order valence-electron chi connectivity index (χ1n) is 6.25. The second-order valence-electron chi connectivity index (χ2n) is 4.44. The summed E-state index contributed by atoms with van der Waals surface area (Å²) in [6, 6.07) is 18.3. The Labute approximate surface area is 130 Å². The molecule has 3 rings (SSSR count). The monoisotopic (exact) mass is 315 g/mol. The van der Waals surface area contributed by atoms with E-state index in [9.17, 15) is 10.1 Å². The third-order valence-corrected chi connectivity index (χ3v) is 4.43. The van der Waals surface area contributed by atoms with E-state index in [0.717, 1.165) is 15.2 Å². The molecule has 0 amide bonds. The van der Waals surface area contributed by atoms with Gasteiger partial charge in [0, 0.05) is 26.3 Å². The molecule has 0 saturated heterocycles. The molecule has 0 aliphatic heterocycles. The van der Waals surface area contributed by atoms with Crippen LogP contribution in [0.5, 0.6) is 0 Å². The predicted molar refractivity (Wildman–Crippen MR) is 86.2 cm³/mol. The Morgan fingerprint density at radius 1 is 0.905 bits per heavy atom. The van der Waals surface area contributed by atoms with E-state index < -0.39 is 0 Å². The average molecular weight is 316 g/mol. The molecule has 0 aliphatic rings. The molecule has 0 aromatic heterocycles. The summed E-state index contributed by atoms with van der Waals surface area (Å²) >= 11 is 7.45. The second-order valence-corrected chi connectivity index (χ2v) is 5.99. The van der Waals surface area contributed by atoms with Crippen molar-refractivity contribution in [3.63, 3.8) is 0 Å². The van der Waals surface area contributed by atoms with E-state index in [0.29, 0.717) is 10.4 Å². The molecule has 5 heteroatoms. The van der Waals surface area contributed by atoms with Gasteiger partial charge in [-0.15, -0.1) is 0 Å². The Morgan fingerprint density at radius 3 is 2.24 bits per heavy atom. The SMILES string of the molecule is O=[N+]([O-])c1ccc(Sc2ccc(Cl)cc2)c2ccccc12. The molecule has 3 aromatic carbocycles. The van der Waals surface area contributed by atoms with Gasteiger partial charge in [0.05, 0.1) is 10.3 Å². The minimum atomic E-state index is -0.348. The molecule has 0 unspecified atom stereocenters. The second kappa shape index (κ2) is 5.76. The van der Waals surface area contributed by atoms with Crippen molar-refractivity contribution in [2.24, 2.45) is 0 Å². The maximum absolute atomic E-state index is 11.1. The van der Waals surface area contributed by atoms with Crippen LogP contribution in [0.25, 0.3) is 10.8 Å². The molecule has 0 saturated carbocycles. The Morgan fingerprint density at radius 2 is 1.57 bits per heavy atom.